The Kier molecular flexibility index (Phi) is 8.16. The molecule has 3 aromatic rings. The van der Waals surface area contributed by atoms with Crippen LogP contribution in [0.15, 0.2) is 48.7 Å². The molecule has 2 aromatic heterocycles. The molecule has 2 fully saturated rings. The van der Waals surface area contributed by atoms with Crippen LogP contribution in [0.25, 0.3) is 5.65 Å². The fraction of sp³-hybridized carbons (Fsp3) is 0.500. The molecule has 1 aromatic carbocycles. The summed E-state index contributed by atoms with van der Waals surface area (Å²) in [5.41, 5.74) is -0.319. The van der Waals surface area contributed by atoms with E-state index in [2.05, 4.69) is 27.6 Å². The standard InChI is InChI=1S/C30H35F2N5O5/c1-20-10-12-28(13-11-20,35-27(40)42-17-21-6-4-3-5-7-21)14-23-16-37-24(34-23)9-8-22(36-37)15-29(26(39)41-2)18-30(31,32)19-33-25(29)38/h3-9,16,20H,10-15,17-19H2,1-2H3,(H,33,38)(H,35,40). The van der Waals surface area contributed by atoms with Gasteiger partial charge < -0.3 is 20.1 Å². The Morgan fingerprint density at radius 1 is 1.10 bits per heavy atom. The first-order chi connectivity index (χ1) is 20.0. The Hall–Kier alpha value is -4.09. The van der Waals surface area contributed by atoms with E-state index >= 15 is 0 Å². The zero-order chi connectivity index (χ0) is 30.0. The van der Waals surface area contributed by atoms with Gasteiger partial charge in [-0.2, -0.15) is 5.10 Å². The van der Waals surface area contributed by atoms with Crippen LogP contribution in [0.3, 0.4) is 0 Å². The molecule has 224 valence electrons. The minimum absolute atomic E-state index is 0.164. The summed E-state index contributed by atoms with van der Waals surface area (Å²) in [4.78, 5) is 42.9. The van der Waals surface area contributed by atoms with Gasteiger partial charge in [-0.05, 0) is 49.3 Å². The fourth-order valence-corrected chi connectivity index (χ4v) is 5.98. The van der Waals surface area contributed by atoms with Crippen molar-refractivity contribution in [3.63, 3.8) is 0 Å². The minimum Gasteiger partial charge on any atom is -0.468 e. The van der Waals surface area contributed by atoms with Crippen LogP contribution < -0.4 is 10.6 Å². The molecule has 0 radical (unpaired) electrons. The summed E-state index contributed by atoms with van der Waals surface area (Å²) in [5.74, 6) is -4.58. The number of alkyl carbamates (subject to hydrolysis) is 1. The smallest absolute Gasteiger partial charge is 0.407 e. The number of nitrogens with zero attached hydrogens (tertiary/aromatic N) is 3. The number of methoxy groups -OCH3 is 1. The normalized spacial score (nSPS) is 25.4. The van der Waals surface area contributed by atoms with Crippen molar-refractivity contribution in [3.8, 4) is 0 Å². The Bertz CT molecular complexity index is 1440. The molecule has 1 saturated carbocycles. The monoisotopic (exact) mass is 583 g/mol. The molecule has 1 unspecified atom stereocenters. The highest BCUT2D eigenvalue weighted by Gasteiger charge is 2.57. The van der Waals surface area contributed by atoms with Gasteiger partial charge in [0.15, 0.2) is 11.1 Å². The molecule has 1 aliphatic carbocycles. The number of piperidine rings is 1. The third kappa shape index (κ3) is 6.37. The second-order valence-corrected chi connectivity index (χ2v) is 11.7. The summed E-state index contributed by atoms with van der Waals surface area (Å²) < 4.78 is 40.5. The van der Waals surface area contributed by atoms with Gasteiger partial charge in [0.25, 0.3) is 5.92 Å². The van der Waals surface area contributed by atoms with Crippen LogP contribution in [0.2, 0.25) is 0 Å². The molecule has 2 N–H and O–H groups in total. The van der Waals surface area contributed by atoms with Gasteiger partial charge >= 0.3 is 12.1 Å². The van der Waals surface area contributed by atoms with Crippen LogP contribution in [0, 0.1) is 11.3 Å². The van der Waals surface area contributed by atoms with Crippen molar-refractivity contribution in [3.05, 3.63) is 65.6 Å². The topological polar surface area (TPSA) is 124 Å². The van der Waals surface area contributed by atoms with Crippen molar-refractivity contribution >= 4 is 23.6 Å². The maximum Gasteiger partial charge on any atom is 0.407 e. The second-order valence-electron chi connectivity index (χ2n) is 11.7. The van der Waals surface area contributed by atoms with Crippen LogP contribution >= 0.6 is 0 Å². The number of hydrogen-bond acceptors (Lipinski definition) is 7. The van der Waals surface area contributed by atoms with Crippen molar-refractivity contribution in [2.45, 2.75) is 69.9 Å². The van der Waals surface area contributed by atoms with Crippen molar-refractivity contribution in [2.75, 3.05) is 13.7 Å². The molecule has 12 heteroatoms. The third-order valence-electron chi connectivity index (χ3n) is 8.32. The highest BCUT2D eigenvalue weighted by atomic mass is 19.3. The van der Waals surface area contributed by atoms with E-state index in [4.69, 9.17) is 9.47 Å². The summed E-state index contributed by atoms with van der Waals surface area (Å²) in [7, 11) is 1.07. The summed E-state index contributed by atoms with van der Waals surface area (Å²) in [6, 6.07) is 12.7. The first-order valence-electron chi connectivity index (χ1n) is 14.1. The molecule has 1 aliphatic heterocycles. The predicted molar refractivity (Wildman–Crippen MR) is 148 cm³/mol. The summed E-state index contributed by atoms with van der Waals surface area (Å²) in [6.45, 7) is 1.52. The van der Waals surface area contributed by atoms with E-state index in [9.17, 15) is 23.2 Å². The van der Waals surface area contributed by atoms with Crippen molar-refractivity contribution in [1.82, 2.24) is 25.2 Å². The zero-order valence-corrected chi connectivity index (χ0v) is 23.7. The van der Waals surface area contributed by atoms with Gasteiger partial charge in [-0.25, -0.2) is 23.1 Å². The molecule has 10 nitrogen and oxygen atoms in total. The maximum atomic E-state index is 14.3. The number of carbonyl (C=O) groups is 3. The van der Waals surface area contributed by atoms with Crippen LogP contribution in [0.1, 0.15) is 56.0 Å². The van der Waals surface area contributed by atoms with Gasteiger partial charge in [0, 0.05) is 24.8 Å². The molecule has 42 heavy (non-hydrogen) atoms. The molecule has 2 aliphatic rings. The number of fused-ring (bicyclic) bond motifs is 1. The molecule has 1 saturated heterocycles. The van der Waals surface area contributed by atoms with Crippen LogP contribution in [-0.2, 0) is 38.5 Å². The average molecular weight is 584 g/mol. The van der Waals surface area contributed by atoms with Gasteiger partial charge in [-0.15, -0.1) is 0 Å². The van der Waals surface area contributed by atoms with Gasteiger partial charge in [-0.3, -0.25) is 9.59 Å². The second kappa shape index (κ2) is 11.7. The molecule has 0 spiro atoms. The summed E-state index contributed by atoms with van der Waals surface area (Å²) >= 11 is 0. The number of carbonyl (C=O) groups excluding carboxylic acids is 3. The first-order valence-corrected chi connectivity index (χ1v) is 14.1. The molecule has 3 heterocycles. The Morgan fingerprint density at radius 3 is 2.55 bits per heavy atom. The first kappa shape index (κ1) is 29.4. The number of hydrogen-bond donors (Lipinski definition) is 2. The van der Waals surface area contributed by atoms with E-state index in [1.807, 2.05) is 30.3 Å². The number of benzene rings is 1. The molecule has 0 bridgehead atoms. The average Bonchev–Trinajstić information content (AvgIpc) is 3.36. The fourth-order valence-electron chi connectivity index (χ4n) is 5.98. The molecular weight excluding hydrogens is 548 g/mol. The van der Waals surface area contributed by atoms with Crippen molar-refractivity contribution < 1.29 is 32.6 Å². The van der Waals surface area contributed by atoms with Crippen LogP contribution in [0.5, 0.6) is 0 Å². The van der Waals surface area contributed by atoms with E-state index in [0.717, 1.165) is 38.4 Å². The number of esters is 1. The number of halogens is 2. The lowest BCUT2D eigenvalue weighted by Gasteiger charge is -2.39. The van der Waals surface area contributed by atoms with Gasteiger partial charge in [-0.1, -0.05) is 37.3 Å². The molecule has 5 rings (SSSR count). The predicted octanol–water partition coefficient (Wildman–Crippen LogP) is 4.00. The van der Waals surface area contributed by atoms with Gasteiger partial charge in [0.1, 0.15) is 6.61 Å². The highest BCUT2D eigenvalue weighted by Crippen LogP contribution is 2.40. The number of rotatable bonds is 8. The number of alkyl halides is 2. The number of amides is 2. The SMILES string of the molecule is COC(=O)C1(Cc2ccc3nc(CC4(NC(=O)OCc5ccccc5)CCC(C)CC4)cn3n2)CC(F)(F)CNC1=O. The molecule has 1 atom stereocenters. The van der Waals surface area contributed by atoms with Gasteiger partial charge in [0.2, 0.25) is 5.91 Å². The quantitative estimate of drug-likeness (QED) is 0.303. The Morgan fingerprint density at radius 2 is 1.83 bits per heavy atom. The number of aromatic nitrogens is 3. The minimum atomic E-state index is -3.27. The van der Waals surface area contributed by atoms with E-state index < -0.39 is 47.8 Å². The van der Waals surface area contributed by atoms with Gasteiger partial charge in [0.05, 0.1) is 31.2 Å². The largest absolute Gasteiger partial charge is 0.468 e. The van der Waals surface area contributed by atoms with E-state index in [-0.39, 0.29) is 18.7 Å². The van der Waals surface area contributed by atoms with E-state index in [1.54, 1.807) is 18.3 Å². The Labute approximate surface area is 242 Å². The number of imidazole rings is 1. The van der Waals surface area contributed by atoms with E-state index in [1.165, 1.54) is 4.52 Å². The molecule has 2 amide bonds. The number of nitrogens with one attached hydrogen (secondary N) is 2. The van der Waals surface area contributed by atoms with E-state index in [0.29, 0.717) is 23.7 Å². The van der Waals surface area contributed by atoms with Crippen LogP contribution in [0.4, 0.5) is 13.6 Å². The lowest BCUT2D eigenvalue weighted by atomic mass is 9.74. The lowest BCUT2D eigenvalue weighted by Crippen LogP contribution is -2.59. The summed E-state index contributed by atoms with van der Waals surface area (Å²) in [6.07, 6.45) is 3.73. The van der Waals surface area contributed by atoms with Crippen LogP contribution in [-0.4, -0.2) is 57.7 Å². The molecular formula is C30H35F2N5O5. The highest BCUT2D eigenvalue weighted by molar-refractivity contribution is 6.03. The Balaban J connectivity index is 1.35. The maximum absolute atomic E-state index is 14.3. The van der Waals surface area contributed by atoms with Crippen molar-refractivity contribution in [1.29, 1.82) is 0 Å². The summed E-state index contributed by atoms with van der Waals surface area (Å²) in [5, 5.41) is 9.76. The van der Waals surface area contributed by atoms with Crippen molar-refractivity contribution in [2.24, 2.45) is 11.3 Å². The number of ether oxygens (including phenoxy) is 2. The lowest BCUT2D eigenvalue weighted by molar-refractivity contribution is -0.172. The third-order valence-corrected chi connectivity index (χ3v) is 8.32. The zero-order valence-electron chi connectivity index (χ0n) is 23.7.